The number of para-hydroxylation sites is 1. The number of fused-ring (bicyclic) bond motifs is 2. The van der Waals surface area contributed by atoms with Crippen LogP contribution >= 0.6 is 0 Å². The molecule has 0 aliphatic heterocycles. The highest BCUT2D eigenvalue weighted by molar-refractivity contribution is 7.91. The van der Waals surface area contributed by atoms with Crippen LogP contribution < -0.4 is 11.1 Å². The monoisotopic (exact) mass is 432 g/mol. The van der Waals surface area contributed by atoms with E-state index < -0.39 is 9.84 Å². The molecule has 9 heteroatoms. The minimum absolute atomic E-state index is 0.00464. The maximum Gasteiger partial charge on any atom is 0.214 e. The Morgan fingerprint density at radius 1 is 1.03 bits per heavy atom. The molecule has 3 heterocycles. The molecule has 5 rings (SSSR count). The first kappa shape index (κ1) is 19.1. The number of nitrogens with one attached hydrogen (secondary N) is 1. The lowest BCUT2D eigenvalue weighted by molar-refractivity contribution is 0.597. The van der Waals surface area contributed by atoms with Crippen LogP contribution in [0.15, 0.2) is 76.7 Å². The van der Waals surface area contributed by atoms with Crippen LogP contribution in [-0.4, -0.2) is 34.6 Å². The first-order valence-electron chi connectivity index (χ1n) is 9.63. The van der Waals surface area contributed by atoms with Crippen LogP contribution in [0, 0.1) is 0 Å². The van der Waals surface area contributed by atoms with Crippen LogP contribution in [0.4, 0.5) is 11.6 Å². The Morgan fingerprint density at radius 2 is 1.74 bits per heavy atom. The van der Waals surface area contributed by atoms with Crippen LogP contribution in [0.5, 0.6) is 0 Å². The van der Waals surface area contributed by atoms with Gasteiger partial charge in [-0.25, -0.2) is 13.4 Å². The summed E-state index contributed by atoms with van der Waals surface area (Å²) in [5, 5.41) is 8.23. The number of benzene rings is 2. The maximum atomic E-state index is 13.5. The summed E-state index contributed by atoms with van der Waals surface area (Å²) in [5.41, 5.74) is 8.95. The van der Waals surface area contributed by atoms with Crippen molar-refractivity contribution in [1.29, 1.82) is 0 Å². The van der Waals surface area contributed by atoms with E-state index in [4.69, 9.17) is 10.7 Å². The highest BCUT2D eigenvalue weighted by atomic mass is 32.2. The van der Waals surface area contributed by atoms with Crippen LogP contribution in [0.2, 0.25) is 0 Å². The molecule has 8 nitrogen and oxygen atoms in total. The number of aryl methyl sites for hydroxylation is 1. The average Bonchev–Trinajstić information content (AvgIpc) is 3.33. The van der Waals surface area contributed by atoms with Gasteiger partial charge >= 0.3 is 0 Å². The van der Waals surface area contributed by atoms with Crippen LogP contribution in [0.1, 0.15) is 0 Å². The van der Waals surface area contributed by atoms with Crippen molar-refractivity contribution in [2.45, 2.75) is 9.79 Å². The molecule has 0 amide bonds. The Hall–Kier alpha value is -3.85. The molecule has 0 bridgehead atoms. The van der Waals surface area contributed by atoms with E-state index in [9.17, 15) is 8.42 Å². The van der Waals surface area contributed by atoms with Crippen molar-refractivity contribution >= 4 is 38.0 Å². The van der Waals surface area contributed by atoms with E-state index in [2.05, 4.69) is 10.4 Å². The summed E-state index contributed by atoms with van der Waals surface area (Å²) >= 11 is 0. The van der Waals surface area contributed by atoms with Crippen molar-refractivity contribution < 1.29 is 8.42 Å². The van der Waals surface area contributed by atoms with Crippen molar-refractivity contribution in [3.8, 4) is 11.3 Å². The number of aromatic nitrogens is 4. The van der Waals surface area contributed by atoms with E-state index in [1.54, 1.807) is 43.4 Å². The van der Waals surface area contributed by atoms with Crippen LogP contribution in [0.3, 0.4) is 0 Å². The third-order valence-electron chi connectivity index (χ3n) is 5.31. The molecule has 0 fully saturated rings. The Bertz CT molecular complexity index is 1550. The van der Waals surface area contributed by atoms with Gasteiger partial charge in [-0.1, -0.05) is 36.4 Å². The van der Waals surface area contributed by atoms with Crippen molar-refractivity contribution in [1.82, 2.24) is 19.2 Å². The molecule has 5 aromatic rings. The topological polar surface area (TPSA) is 107 Å². The van der Waals surface area contributed by atoms with Gasteiger partial charge in [-0.3, -0.25) is 0 Å². The van der Waals surface area contributed by atoms with Crippen molar-refractivity contribution in [3.05, 3.63) is 66.9 Å². The zero-order valence-corrected chi connectivity index (χ0v) is 17.8. The quantitative estimate of drug-likeness (QED) is 0.451. The fourth-order valence-electron chi connectivity index (χ4n) is 3.83. The first-order chi connectivity index (χ1) is 14.9. The zero-order chi connectivity index (χ0) is 21.8. The molecule has 3 aromatic heterocycles. The molecule has 156 valence electrons. The van der Waals surface area contributed by atoms with Gasteiger partial charge in [0.05, 0.1) is 10.6 Å². The summed E-state index contributed by atoms with van der Waals surface area (Å²) in [4.78, 5) is 4.88. The molecule has 0 radical (unpaired) electrons. The second kappa shape index (κ2) is 6.85. The molecular weight excluding hydrogens is 412 g/mol. The van der Waals surface area contributed by atoms with Crippen LogP contribution in [0.25, 0.3) is 27.8 Å². The number of nitrogens with zero attached hydrogens (tertiary/aromatic N) is 4. The van der Waals surface area contributed by atoms with Gasteiger partial charge in [-0.15, -0.1) is 5.10 Å². The second-order valence-electron chi connectivity index (χ2n) is 7.22. The molecule has 0 unspecified atom stereocenters. The molecule has 2 aromatic carbocycles. The van der Waals surface area contributed by atoms with E-state index in [0.29, 0.717) is 11.5 Å². The lowest BCUT2D eigenvalue weighted by atomic mass is 10.1. The molecule has 31 heavy (non-hydrogen) atoms. The third-order valence-corrected chi connectivity index (χ3v) is 7.11. The van der Waals surface area contributed by atoms with Gasteiger partial charge in [0, 0.05) is 42.8 Å². The number of nitrogen functional groups attached to an aromatic ring is 1. The van der Waals surface area contributed by atoms with E-state index >= 15 is 0 Å². The maximum absolute atomic E-state index is 13.5. The number of hydrogen-bond donors (Lipinski definition) is 2. The first-order valence-corrected chi connectivity index (χ1v) is 11.1. The van der Waals surface area contributed by atoms with Gasteiger partial charge in [0.25, 0.3) is 0 Å². The molecule has 3 N–H and O–H groups in total. The zero-order valence-electron chi connectivity index (χ0n) is 16.9. The van der Waals surface area contributed by atoms with E-state index in [-0.39, 0.29) is 21.3 Å². The highest BCUT2D eigenvalue weighted by Gasteiger charge is 2.29. The van der Waals surface area contributed by atoms with Gasteiger partial charge in [0.1, 0.15) is 5.82 Å². The predicted octanol–water partition coefficient (Wildman–Crippen LogP) is 3.34. The molecule has 0 aliphatic carbocycles. The number of anilines is 2. The van der Waals surface area contributed by atoms with E-state index in [1.165, 1.54) is 4.52 Å². The third kappa shape index (κ3) is 2.85. The lowest BCUT2D eigenvalue weighted by Gasteiger charge is -2.07. The predicted molar refractivity (Wildman–Crippen MR) is 121 cm³/mol. The van der Waals surface area contributed by atoms with Gasteiger partial charge in [-0.2, -0.15) is 4.52 Å². The molecule has 0 aliphatic rings. The molecular formula is C22H20N6O2S. The standard InChI is InChI=1S/C22H20N6O2S/c1-24-21-20(31(29,30)14-8-4-3-5-9-14)22-25-17(12-19(23)28(22)26-21)16-13-27(2)18-11-7-6-10-15(16)18/h3-13H,23H2,1-2H3,(H,24,26). The fraction of sp³-hybridized carbons (Fsp3) is 0.0909. The number of nitrogens with two attached hydrogens (primary N) is 1. The van der Waals surface area contributed by atoms with Crippen molar-refractivity contribution in [3.63, 3.8) is 0 Å². The smallest absolute Gasteiger partial charge is 0.214 e. The van der Waals surface area contributed by atoms with Crippen molar-refractivity contribution in [2.24, 2.45) is 7.05 Å². The summed E-state index contributed by atoms with van der Waals surface area (Å²) in [7, 11) is -0.313. The van der Waals surface area contributed by atoms with Crippen molar-refractivity contribution in [2.75, 3.05) is 18.1 Å². The van der Waals surface area contributed by atoms with E-state index in [1.807, 2.05) is 42.1 Å². The minimum Gasteiger partial charge on any atom is -0.384 e. The molecule has 0 atom stereocenters. The largest absolute Gasteiger partial charge is 0.384 e. The van der Waals surface area contributed by atoms with Gasteiger partial charge in [-0.05, 0) is 18.2 Å². The Labute approximate surface area is 178 Å². The SMILES string of the molecule is CNc1nn2c(N)cc(-c3cn(C)c4ccccc34)nc2c1S(=O)(=O)c1ccccc1. The normalized spacial score (nSPS) is 11.9. The Morgan fingerprint density at radius 3 is 2.48 bits per heavy atom. The lowest BCUT2D eigenvalue weighted by Crippen LogP contribution is -2.06. The van der Waals surface area contributed by atoms with Gasteiger partial charge < -0.3 is 15.6 Å². The minimum atomic E-state index is -3.89. The molecule has 0 saturated heterocycles. The van der Waals surface area contributed by atoms with Gasteiger partial charge in [0.15, 0.2) is 16.4 Å². The summed E-state index contributed by atoms with van der Waals surface area (Å²) in [6.45, 7) is 0. The molecule has 0 spiro atoms. The Kier molecular flexibility index (Phi) is 4.23. The van der Waals surface area contributed by atoms with E-state index in [0.717, 1.165) is 16.5 Å². The van der Waals surface area contributed by atoms with Crippen LogP contribution in [-0.2, 0) is 16.9 Å². The number of hydrogen-bond acceptors (Lipinski definition) is 6. The summed E-state index contributed by atoms with van der Waals surface area (Å²) in [6, 6.07) is 17.9. The summed E-state index contributed by atoms with van der Waals surface area (Å²) in [5.74, 6) is 0.483. The summed E-state index contributed by atoms with van der Waals surface area (Å²) < 4.78 is 30.3. The number of rotatable bonds is 4. The fourth-order valence-corrected chi connectivity index (χ4v) is 5.35. The number of sulfone groups is 1. The second-order valence-corrected chi connectivity index (χ2v) is 9.10. The highest BCUT2D eigenvalue weighted by Crippen LogP contribution is 2.35. The Balaban J connectivity index is 1.83. The molecule has 0 saturated carbocycles. The summed E-state index contributed by atoms with van der Waals surface area (Å²) in [6.07, 6.45) is 1.96. The average molecular weight is 433 g/mol. The van der Waals surface area contributed by atoms with Gasteiger partial charge in [0.2, 0.25) is 9.84 Å².